The second kappa shape index (κ2) is 5.84. The number of aryl methyl sites for hydroxylation is 1. The Labute approximate surface area is 120 Å². The Hall–Kier alpha value is -1.88. The van der Waals surface area contributed by atoms with Gasteiger partial charge < -0.3 is 10.6 Å². The van der Waals surface area contributed by atoms with Gasteiger partial charge in [0.1, 0.15) is 11.5 Å². The van der Waals surface area contributed by atoms with Crippen molar-refractivity contribution < 1.29 is 4.79 Å². The Balaban J connectivity index is 2.23. The highest BCUT2D eigenvalue weighted by Gasteiger charge is 2.10. The number of anilines is 2. The van der Waals surface area contributed by atoms with Gasteiger partial charge in [0.2, 0.25) is 0 Å². The number of rotatable bonds is 3. The van der Waals surface area contributed by atoms with Crippen molar-refractivity contribution in [2.24, 2.45) is 0 Å². The number of benzene rings is 1. The van der Waals surface area contributed by atoms with Crippen LogP contribution in [-0.4, -0.2) is 17.9 Å². The first-order valence-electron chi connectivity index (χ1n) is 5.83. The van der Waals surface area contributed by atoms with Gasteiger partial charge in [-0.25, -0.2) is 4.98 Å². The highest BCUT2D eigenvalue weighted by atomic mass is 79.9. The Morgan fingerprint density at radius 3 is 2.68 bits per heavy atom. The van der Waals surface area contributed by atoms with Gasteiger partial charge in [-0.3, -0.25) is 4.79 Å². The Morgan fingerprint density at radius 1 is 1.21 bits per heavy atom. The molecule has 2 rings (SSSR count). The minimum atomic E-state index is -0.233. The number of hydrogen-bond acceptors (Lipinski definition) is 3. The molecule has 1 aromatic heterocycles. The fourth-order valence-corrected chi connectivity index (χ4v) is 1.99. The predicted molar refractivity (Wildman–Crippen MR) is 80.6 cm³/mol. The molecule has 1 amide bonds. The largest absolute Gasteiger partial charge is 0.373 e. The summed E-state index contributed by atoms with van der Waals surface area (Å²) in [6, 6.07) is 11.0. The first-order chi connectivity index (χ1) is 9.11. The molecule has 0 spiro atoms. The van der Waals surface area contributed by atoms with E-state index in [2.05, 4.69) is 31.5 Å². The molecule has 2 N–H and O–H groups in total. The lowest BCUT2D eigenvalue weighted by Gasteiger charge is -2.09. The number of halogens is 1. The number of pyridine rings is 1. The number of amides is 1. The maximum atomic E-state index is 12.1. The Morgan fingerprint density at radius 2 is 1.95 bits per heavy atom. The van der Waals surface area contributed by atoms with Crippen LogP contribution in [0, 0.1) is 6.92 Å². The van der Waals surface area contributed by atoms with Crippen LogP contribution in [0.4, 0.5) is 11.5 Å². The summed E-state index contributed by atoms with van der Waals surface area (Å²) in [6.45, 7) is 1.97. The molecule has 1 heterocycles. The topological polar surface area (TPSA) is 54.0 Å². The van der Waals surface area contributed by atoms with Crippen LogP contribution in [0.15, 0.2) is 40.9 Å². The van der Waals surface area contributed by atoms with Gasteiger partial charge in [0, 0.05) is 11.5 Å². The van der Waals surface area contributed by atoms with E-state index < -0.39 is 0 Å². The quantitative estimate of drug-likeness (QED) is 0.911. The molecule has 0 aliphatic rings. The second-order valence-corrected chi connectivity index (χ2v) is 4.84. The molecule has 0 aliphatic heterocycles. The smallest absolute Gasteiger partial charge is 0.274 e. The fraction of sp³-hybridized carbons (Fsp3) is 0.143. The van der Waals surface area contributed by atoms with Crippen LogP contribution in [0.1, 0.15) is 16.1 Å². The van der Waals surface area contributed by atoms with Gasteiger partial charge in [-0.2, -0.15) is 0 Å². The minimum absolute atomic E-state index is 0.233. The normalized spacial score (nSPS) is 10.1. The molecule has 0 atom stereocenters. The molecular weight excluding hydrogens is 306 g/mol. The Bertz CT molecular complexity index is 613. The molecule has 0 saturated heterocycles. The summed E-state index contributed by atoms with van der Waals surface area (Å²) >= 11 is 3.46. The third-order valence-corrected chi connectivity index (χ3v) is 3.73. The van der Waals surface area contributed by atoms with Gasteiger partial charge in [0.15, 0.2) is 0 Å². The molecule has 0 aliphatic carbocycles. The zero-order valence-corrected chi connectivity index (χ0v) is 12.3. The molecule has 0 fully saturated rings. The molecule has 98 valence electrons. The molecule has 19 heavy (non-hydrogen) atoms. The summed E-state index contributed by atoms with van der Waals surface area (Å²) in [5.74, 6) is 0.430. The van der Waals surface area contributed by atoms with Crippen LogP contribution in [-0.2, 0) is 0 Å². The van der Waals surface area contributed by atoms with Crippen molar-refractivity contribution in [3.63, 3.8) is 0 Å². The Kier molecular flexibility index (Phi) is 4.16. The molecule has 0 unspecified atom stereocenters. The highest BCUT2D eigenvalue weighted by molar-refractivity contribution is 9.10. The van der Waals surface area contributed by atoms with E-state index in [0.29, 0.717) is 11.5 Å². The molecule has 0 radical (unpaired) electrons. The predicted octanol–water partition coefficient (Wildman–Crippen LogP) is 3.45. The average Bonchev–Trinajstić information content (AvgIpc) is 2.44. The van der Waals surface area contributed by atoms with E-state index >= 15 is 0 Å². The molecule has 1 aromatic carbocycles. The number of carbonyl (C=O) groups excluding carboxylic acids is 1. The van der Waals surface area contributed by atoms with Crippen LogP contribution in [0.25, 0.3) is 0 Å². The van der Waals surface area contributed by atoms with E-state index in [1.807, 2.05) is 25.1 Å². The summed E-state index contributed by atoms with van der Waals surface area (Å²) in [6.07, 6.45) is 0. The number of aromatic nitrogens is 1. The summed E-state index contributed by atoms with van der Waals surface area (Å²) in [4.78, 5) is 16.3. The number of hydrogen-bond donors (Lipinski definition) is 2. The lowest BCUT2D eigenvalue weighted by atomic mass is 10.2. The number of nitrogens with zero attached hydrogens (tertiary/aromatic N) is 1. The molecule has 5 heteroatoms. The van der Waals surface area contributed by atoms with Crippen LogP contribution in [0.3, 0.4) is 0 Å². The molecule has 0 saturated carbocycles. The second-order valence-electron chi connectivity index (χ2n) is 4.05. The van der Waals surface area contributed by atoms with Gasteiger partial charge in [0.25, 0.3) is 5.91 Å². The monoisotopic (exact) mass is 319 g/mol. The first kappa shape index (κ1) is 13.5. The first-order valence-corrected chi connectivity index (χ1v) is 6.62. The summed E-state index contributed by atoms with van der Waals surface area (Å²) in [7, 11) is 1.77. The van der Waals surface area contributed by atoms with Gasteiger partial charge in [0.05, 0.1) is 5.69 Å². The van der Waals surface area contributed by atoms with Crippen LogP contribution in [0.2, 0.25) is 0 Å². The maximum absolute atomic E-state index is 12.1. The molecule has 2 aromatic rings. The highest BCUT2D eigenvalue weighted by Crippen LogP contribution is 2.26. The summed E-state index contributed by atoms with van der Waals surface area (Å²) in [5, 5.41) is 5.75. The van der Waals surface area contributed by atoms with Gasteiger partial charge in [-0.15, -0.1) is 0 Å². The molecule has 0 bridgehead atoms. The van der Waals surface area contributed by atoms with Gasteiger partial charge in [-0.05, 0) is 46.6 Å². The van der Waals surface area contributed by atoms with Crippen molar-refractivity contribution in [1.29, 1.82) is 0 Å². The lowest BCUT2D eigenvalue weighted by molar-refractivity contribution is 0.102. The number of nitrogens with one attached hydrogen (secondary N) is 2. The van der Waals surface area contributed by atoms with E-state index in [0.717, 1.165) is 15.7 Å². The van der Waals surface area contributed by atoms with Gasteiger partial charge >= 0.3 is 0 Å². The van der Waals surface area contributed by atoms with E-state index in [1.54, 1.807) is 25.2 Å². The van der Waals surface area contributed by atoms with Crippen LogP contribution in [0.5, 0.6) is 0 Å². The van der Waals surface area contributed by atoms with Crippen LogP contribution < -0.4 is 10.6 Å². The van der Waals surface area contributed by atoms with Crippen molar-refractivity contribution in [3.05, 3.63) is 52.1 Å². The van der Waals surface area contributed by atoms with Crippen molar-refractivity contribution in [2.75, 3.05) is 17.7 Å². The minimum Gasteiger partial charge on any atom is -0.373 e. The zero-order chi connectivity index (χ0) is 13.8. The average molecular weight is 320 g/mol. The third kappa shape index (κ3) is 3.12. The van der Waals surface area contributed by atoms with Crippen molar-refractivity contribution in [2.45, 2.75) is 6.92 Å². The van der Waals surface area contributed by atoms with E-state index in [1.165, 1.54) is 0 Å². The lowest BCUT2D eigenvalue weighted by Crippen LogP contribution is -2.14. The van der Waals surface area contributed by atoms with E-state index in [4.69, 9.17) is 0 Å². The van der Waals surface area contributed by atoms with Gasteiger partial charge in [-0.1, -0.05) is 18.2 Å². The maximum Gasteiger partial charge on any atom is 0.274 e. The summed E-state index contributed by atoms with van der Waals surface area (Å²) < 4.78 is 0.883. The van der Waals surface area contributed by atoms with E-state index in [-0.39, 0.29) is 5.91 Å². The standard InChI is InChI=1S/C14H14BrN3O/c1-9-5-3-6-10(13(9)15)18-14(19)11-7-4-8-12(16-2)17-11/h3-8H,1-2H3,(H,16,17)(H,18,19). The van der Waals surface area contributed by atoms with Crippen molar-refractivity contribution >= 4 is 33.3 Å². The molecule has 4 nitrogen and oxygen atoms in total. The third-order valence-electron chi connectivity index (χ3n) is 2.68. The summed E-state index contributed by atoms with van der Waals surface area (Å²) in [5.41, 5.74) is 2.18. The van der Waals surface area contributed by atoms with Crippen molar-refractivity contribution in [1.82, 2.24) is 4.98 Å². The number of carbonyl (C=O) groups is 1. The zero-order valence-electron chi connectivity index (χ0n) is 10.7. The molecular formula is C14H14BrN3O. The fourth-order valence-electron chi connectivity index (χ4n) is 1.63. The van der Waals surface area contributed by atoms with E-state index in [9.17, 15) is 4.79 Å². The van der Waals surface area contributed by atoms with Crippen molar-refractivity contribution in [3.8, 4) is 0 Å². The SMILES string of the molecule is CNc1cccc(C(=O)Nc2cccc(C)c2Br)n1. The van der Waals surface area contributed by atoms with Crippen LogP contribution >= 0.6 is 15.9 Å².